The second-order valence-corrected chi connectivity index (χ2v) is 6.95. The molecule has 0 saturated heterocycles. The van der Waals surface area contributed by atoms with E-state index in [9.17, 15) is 9.59 Å². The molecule has 0 atom stereocenters. The summed E-state index contributed by atoms with van der Waals surface area (Å²) in [4.78, 5) is 31.8. The van der Waals surface area contributed by atoms with Crippen LogP contribution in [0.3, 0.4) is 0 Å². The van der Waals surface area contributed by atoms with Crippen molar-refractivity contribution >= 4 is 28.5 Å². The number of anilines is 1. The van der Waals surface area contributed by atoms with E-state index in [0.717, 1.165) is 28.1 Å². The largest absolute Gasteiger partial charge is 0.467 e. The van der Waals surface area contributed by atoms with E-state index in [1.807, 2.05) is 43.3 Å². The highest BCUT2D eigenvalue weighted by Gasteiger charge is 2.10. The normalized spacial score (nSPS) is 10.8. The van der Waals surface area contributed by atoms with Crippen LogP contribution in [0.4, 0.5) is 5.69 Å². The van der Waals surface area contributed by atoms with Crippen LogP contribution in [0, 0.1) is 0 Å². The zero-order chi connectivity index (χ0) is 20.9. The number of hydrogen-bond donors (Lipinski definition) is 3. The van der Waals surface area contributed by atoms with Crippen LogP contribution < -0.4 is 10.6 Å². The van der Waals surface area contributed by atoms with E-state index in [4.69, 9.17) is 4.42 Å². The van der Waals surface area contributed by atoms with Crippen molar-refractivity contribution in [3.63, 3.8) is 0 Å². The van der Waals surface area contributed by atoms with E-state index in [0.29, 0.717) is 30.7 Å². The fourth-order valence-electron chi connectivity index (χ4n) is 3.12. The first kappa shape index (κ1) is 19.4. The Hall–Kier alpha value is -3.87. The molecule has 7 heteroatoms. The number of fused-ring (bicyclic) bond motifs is 1. The summed E-state index contributed by atoms with van der Waals surface area (Å²) in [7, 11) is 0. The van der Waals surface area contributed by atoms with Gasteiger partial charge in [0.25, 0.3) is 5.91 Å². The number of carbonyl (C=O) groups excluding carboxylic acids is 2. The molecule has 152 valence electrons. The Bertz CT molecular complexity index is 1160. The maximum absolute atomic E-state index is 12.4. The molecule has 3 N–H and O–H groups in total. The van der Waals surface area contributed by atoms with Gasteiger partial charge in [0.05, 0.1) is 23.8 Å². The molecule has 0 aliphatic rings. The van der Waals surface area contributed by atoms with Gasteiger partial charge in [-0.1, -0.05) is 19.1 Å². The van der Waals surface area contributed by atoms with Crippen LogP contribution in [0.2, 0.25) is 0 Å². The van der Waals surface area contributed by atoms with E-state index in [2.05, 4.69) is 20.6 Å². The van der Waals surface area contributed by atoms with Crippen LogP contribution in [0.15, 0.2) is 65.3 Å². The van der Waals surface area contributed by atoms with Crippen LogP contribution in [0.5, 0.6) is 0 Å². The zero-order valence-electron chi connectivity index (χ0n) is 16.6. The molecular weight excluding hydrogens is 380 g/mol. The number of furan rings is 1. The number of nitrogens with zero attached hydrogens (tertiary/aromatic N) is 1. The summed E-state index contributed by atoms with van der Waals surface area (Å²) in [5.41, 5.74) is 4.02. The third-order valence-corrected chi connectivity index (χ3v) is 4.73. The van der Waals surface area contributed by atoms with Gasteiger partial charge in [-0.15, -0.1) is 0 Å². The van der Waals surface area contributed by atoms with Gasteiger partial charge in [0.15, 0.2) is 0 Å². The van der Waals surface area contributed by atoms with Gasteiger partial charge >= 0.3 is 0 Å². The first-order valence-electron chi connectivity index (χ1n) is 9.78. The van der Waals surface area contributed by atoms with E-state index < -0.39 is 0 Å². The van der Waals surface area contributed by atoms with E-state index in [1.165, 1.54) is 0 Å². The average Bonchev–Trinajstić information content (AvgIpc) is 3.42. The van der Waals surface area contributed by atoms with E-state index in [-0.39, 0.29) is 11.8 Å². The lowest BCUT2D eigenvalue weighted by Crippen LogP contribution is -2.22. The number of rotatable bonds is 7. The Morgan fingerprint density at radius 2 is 1.93 bits per heavy atom. The van der Waals surface area contributed by atoms with Gasteiger partial charge in [-0.2, -0.15) is 0 Å². The molecule has 7 nitrogen and oxygen atoms in total. The van der Waals surface area contributed by atoms with Gasteiger partial charge in [-0.3, -0.25) is 9.59 Å². The lowest BCUT2D eigenvalue weighted by Gasteiger charge is -2.04. The molecule has 0 aliphatic heterocycles. The van der Waals surface area contributed by atoms with Gasteiger partial charge in [0.1, 0.15) is 11.6 Å². The van der Waals surface area contributed by atoms with Crippen LogP contribution >= 0.6 is 0 Å². The number of carbonyl (C=O) groups is 2. The predicted octanol–water partition coefficient (Wildman–Crippen LogP) is 4.03. The van der Waals surface area contributed by atoms with Crippen molar-refractivity contribution in [1.29, 1.82) is 0 Å². The Balaban J connectivity index is 1.43. The summed E-state index contributed by atoms with van der Waals surface area (Å²) in [6, 6.07) is 16.7. The van der Waals surface area contributed by atoms with E-state index in [1.54, 1.807) is 24.5 Å². The third kappa shape index (κ3) is 4.57. The number of imidazole rings is 1. The molecule has 2 heterocycles. The van der Waals surface area contributed by atoms with Crippen molar-refractivity contribution in [3.8, 4) is 0 Å². The standard InChI is InChI=1S/C23H22N4O3/c1-2-22(28)25-17-8-5-15(6-9-17)12-21-26-19-10-7-16(13-20(19)27-21)23(29)24-14-18-4-3-11-30-18/h3-11,13H,2,12,14H2,1H3,(H,24,29)(H,25,28)(H,26,27). The molecule has 0 radical (unpaired) electrons. The summed E-state index contributed by atoms with van der Waals surface area (Å²) in [5.74, 6) is 1.33. The number of aromatic nitrogens is 2. The van der Waals surface area contributed by atoms with Crippen LogP contribution in [-0.2, 0) is 17.8 Å². The predicted molar refractivity (Wildman–Crippen MR) is 114 cm³/mol. The minimum absolute atomic E-state index is 0.0102. The molecular formula is C23H22N4O3. The van der Waals surface area contributed by atoms with Crippen molar-refractivity contribution in [2.75, 3.05) is 5.32 Å². The number of benzene rings is 2. The fourth-order valence-corrected chi connectivity index (χ4v) is 3.12. The number of aromatic amines is 1. The Morgan fingerprint density at radius 3 is 2.67 bits per heavy atom. The summed E-state index contributed by atoms with van der Waals surface area (Å²) in [5, 5.41) is 5.67. The molecule has 2 aromatic heterocycles. The van der Waals surface area contributed by atoms with Gasteiger partial charge < -0.3 is 20.0 Å². The minimum Gasteiger partial charge on any atom is -0.467 e. The SMILES string of the molecule is CCC(=O)Nc1ccc(Cc2nc3ccc(C(=O)NCc4ccco4)cc3[nH]2)cc1. The van der Waals surface area contributed by atoms with Crippen molar-refractivity contribution in [3.05, 3.63) is 83.6 Å². The molecule has 2 amide bonds. The van der Waals surface area contributed by atoms with Crippen molar-refractivity contribution < 1.29 is 14.0 Å². The molecule has 0 fully saturated rings. The number of nitrogens with one attached hydrogen (secondary N) is 3. The highest BCUT2D eigenvalue weighted by Crippen LogP contribution is 2.17. The van der Waals surface area contributed by atoms with Crippen LogP contribution in [-0.4, -0.2) is 21.8 Å². The average molecular weight is 402 g/mol. The molecule has 2 aromatic carbocycles. The monoisotopic (exact) mass is 402 g/mol. The molecule has 0 unspecified atom stereocenters. The molecule has 0 spiro atoms. The second kappa shape index (κ2) is 8.65. The van der Waals surface area contributed by atoms with Crippen molar-refractivity contribution in [2.45, 2.75) is 26.3 Å². The van der Waals surface area contributed by atoms with E-state index >= 15 is 0 Å². The number of amides is 2. The molecule has 30 heavy (non-hydrogen) atoms. The summed E-state index contributed by atoms with van der Waals surface area (Å²) >= 11 is 0. The lowest BCUT2D eigenvalue weighted by molar-refractivity contribution is -0.115. The molecule has 0 bridgehead atoms. The first-order chi connectivity index (χ1) is 14.6. The molecule has 0 saturated carbocycles. The maximum Gasteiger partial charge on any atom is 0.251 e. The molecule has 0 aliphatic carbocycles. The summed E-state index contributed by atoms with van der Waals surface area (Å²) in [6.07, 6.45) is 2.65. The number of hydrogen-bond acceptors (Lipinski definition) is 4. The highest BCUT2D eigenvalue weighted by atomic mass is 16.3. The smallest absolute Gasteiger partial charge is 0.251 e. The van der Waals surface area contributed by atoms with Crippen molar-refractivity contribution in [1.82, 2.24) is 15.3 Å². The second-order valence-electron chi connectivity index (χ2n) is 6.95. The van der Waals surface area contributed by atoms with Crippen molar-refractivity contribution in [2.24, 2.45) is 0 Å². The van der Waals surface area contributed by atoms with Gasteiger partial charge in [-0.25, -0.2) is 4.98 Å². The van der Waals surface area contributed by atoms with Gasteiger partial charge in [-0.05, 0) is 48.0 Å². The quantitative estimate of drug-likeness (QED) is 0.435. The minimum atomic E-state index is -0.172. The highest BCUT2D eigenvalue weighted by molar-refractivity contribution is 5.97. The van der Waals surface area contributed by atoms with Gasteiger partial charge in [0.2, 0.25) is 5.91 Å². The Morgan fingerprint density at radius 1 is 1.10 bits per heavy atom. The summed E-state index contributed by atoms with van der Waals surface area (Å²) in [6.45, 7) is 2.16. The van der Waals surface area contributed by atoms with Crippen LogP contribution in [0.1, 0.15) is 40.9 Å². The number of H-pyrrole nitrogens is 1. The Kier molecular flexibility index (Phi) is 5.61. The maximum atomic E-state index is 12.4. The topological polar surface area (TPSA) is 100 Å². The first-order valence-corrected chi connectivity index (χ1v) is 9.78. The zero-order valence-corrected chi connectivity index (χ0v) is 16.6. The third-order valence-electron chi connectivity index (χ3n) is 4.73. The Labute approximate surface area is 173 Å². The van der Waals surface area contributed by atoms with Gasteiger partial charge in [0, 0.05) is 24.1 Å². The molecule has 4 aromatic rings. The molecule has 4 rings (SSSR count). The summed E-state index contributed by atoms with van der Waals surface area (Å²) < 4.78 is 5.23. The fraction of sp³-hybridized carbons (Fsp3) is 0.174. The van der Waals surface area contributed by atoms with Crippen LogP contribution in [0.25, 0.3) is 11.0 Å². The lowest BCUT2D eigenvalue weighted by atomic mass is 10.1.